The van der Waals surface area contributed by atoms with Crippen LogP contribution >= 0.6 is 0 Å². The number of nitrogens with zero attached hydrogens (tertiary/aromatic N) is 3. The normalized spacial score (nSPS) is 17.4. The lowest BCUT2D eigenvalue weighted by Gasteiger charge is -2.34. The lowest BCUT2D eigenvalue weighted by molar-refractivity contribution is -0.141. The first-order valence-corrected chi connectivity index (χ1v) is 16.0. The number of unbranched alkanes of at least 4 members (excludes halogenated alkanes) is 1. The van der Waals surface area contributed by atoms with Crippen LogP contribution in [-0.4, -0.2) is 71.2 Å². The van der Waals surface area contributed by atoms with Crippen molar-refractivity contribution in [3.05, 3.63) is 76.6 Å². The molecule has 0 N–H and O–H groups in total. The summed E-state index contributed by atoms with van der Waals surface area (Å²) >= 11 is 0. The smallest absolute Gasteiger partial charge is 0.325 e. The molecule has 0 aliphatic carbocycles. The van der Waals surface area contributed by atoms with Gasteiger partial charge in [-0.2, -0.15) is 0 Å². The monoisotopic (exact) mass is 587 g/mol. The number of rotatable bonds is 13. The van der Waals surface area contributed by atoms with Gasteiger partial charge in [-0.3, -0.25) is 14.4 Å². The zero-order valence-corrected chi connectivity index (χ0v) is 26.9. The molecule has 1 amide bonds. The highest BCUT2D eigenvalue weighted by atomic mass is 16.5. The maximum absolute atomic E-state index is 13.9. The molecule has 0 spiro atoms. The third kappa shape index (κ3) is 8.14. The van der Waals surface area contributed by atoms with Gasteiger partial charge in [-0.25, -0.2) is 0 Å². The second-order valence-corrected chi connectivity index (χ2v) is 12.8. The number of piperidine rings is 1. The standard InChI is InChI=1S/C36H49N3O4/c1-7-8-11-30-20-32-21-31(36(42)39(25(2)3)24-33(40)43-6)16-18-38(32)34(30)35(41)29-14-12-28(13-15-29)10-9-17-37-22-26(4)19-27(5)23-37/h12-16,18,20-21,25-27H,7-11,17,19,22-24H2,1-6H3. The Morgan fingerprint density at radius 3 is 2.28 bits per heavy atom. The quantitative estimate of drug-likeness (QED) is 0.170. The maximum atomic E-state index is 13.9. The summed E-state index contributed by atoms with van der Waals surface area (Å²) in [5.41, 5.74) is 4.83. The van der Waals surface area contributed by atoms with Crippen LogP contribution in [0.2, 0.25) is 0 Å². The molecule has 1 aromatic carbocycles. The minimum atomic E-state index is -0.460. The van der Waals surface area contributed by atoms with Crippen LogP contribution < -0.4 is 0 Å². The molecule has 2 atom stereocenters. The van der Waals surface area contributed by atoms with E-state index >= 15 is 0 Å². The molecule has 1 aliphatic heterocycles. The number of hydrogen-bond donors (Lipinski definition) is 0. The Morgan fingerprint density at radius 2 is 1.65 bits per heavy atom. The number of ether oxygens (including phenoxy) is 1. The predicted molar refractivity (Wildman–Crippen MR) is 172 cm³/mol. The van der Waals surface area contributed by atoms with Gasteiger partial charge in [-0.05, 0) is 93.7 Å². The van der Waals surface area contributed by atoms with Gasteiger partial charge in [-0.1, -0.05) is 51.5 Å². The Hall–Kier alpha value is -3.45. The number of aromatic nitrogens is 1. The van der Waals surface area contributed by atoms with Crippen molar-refractivity contribution in [2.75, 3.05) is 33.3 Å². The first-order chi connectivity index (χ1) is 20.6. The van der Waals surface area contributed by atoms with E-state index in [0.29, 0.717) is 16.8 Å². The number of ketones is 1. The number of esters is 1. The molecule has 3 heterocycles. The third-order valence-electron chi connectivity index (χ3n) is 8.63. The molecule has 1 aliphatic rings. The summed E-state index contributed by atoms with van der Waals surface area (Å²) in [6, 6.07) is 13.5. The van der Waals surface area contributed by atoms with Crippen LogP contribution in [0.1, 0.15) is 97.8 Å². The van der Waals surface area contributed by atoms with E-state index in [1.165, 1.54) is 37.1 Å². The van der Waals surface area contributed by atoms with Gasteiger partial charge < -0.3 is 18.9 Å². The number of benzene rings is 1. The van der Waals surface area contributed by atoms with Crippen molar-refractivity contribution in [3.8, 4) is 0 Å². The summed E-state index contributed by atoms with van der Waals surface area (Å²) in [7, 11) is 1.32. The van der Waals surface area contributed by atoms with Crippen LogP contribution in [0.3, 0.4) is 0 Å². The first-order valence-electron chi connectivity index (χ1n) is 16.0. The Bertz CT molecular complexity index is 1400. The summed E-state index contributed by atoms with van der Waals surface area (Å²) in [4.78, 5) is 43.3. The molecule has 2 unspecified atom stereocenters. The van der Waals surface area contributed by atoms with Crippen LogP contribution in [-0.2, 0) is 22.4 Å². The minimum absolute atomic E-state index is 0.0116. The molecule has 2 aromatic heterocycles. The van der Waals surface area contributed by atoms with Gasteiger partial charge in [0.15, 0.2) is 0 Å². The van der Waals surface area contributed by atoms with Crippen LogP contribution in [0.25, 0.3) is 5.52 Å². The molecule has 4 rings (SSSR count). The number of aryl methyl sites for hydroxylation is 2. The summed E-state index contributed by atoms with van der Waals surface area (Å²) < 4.78 is 6.70. The van der Waals surface area contributed by atoms with Crippen molar-refractivity contribution in [2.24, 2.45) is 11.8 Å². The van der Waals surface area contributed by atoms with Crippen molar-refractivity contribution in [1.82, 2.24) is 14.2 Å². The molecule has 0 saturated carbocycles. The maximum Gasteiger partial charge on any atom is 0.325 e. The van der Waals surface area contributed by atoms with Gasteiger partial charge in [0.25, 0.3) is 5.91 Å². The van der Waals surface area contributed by atoms with Crippen LogP contribution in [0.5, 0.6) is 0 Å². The summed E-state index contributed by atoms with van der Waals surface area (Å²) in [5.74, 6) is 0.830. The van der Waals surface area contributed by atoms with Crippen LogP contribution in [0, 0.1) is 11.8 Å². The number of hydrogen-bond acceptors (Lipinski definition) is 5. The Morgan fingerprint density at radius 1 is 0.953 bits per heavy atom. The second kappa shape index (κ2) is 14.8. The van der Waals surface area contributed by atoms with Crippen molar-refractivity contribution < 1.29 is 19.1 Å². The number of likely N-dealkylation sites (tertiary alicyclic amines) is 1. The first kappa shape index (κ1) is 32.5. The molecule has 7 nitrogen and oxygen atoms in total. The van der Waals surface area contributed by atoms with E-state index in [4.69, 9.17) is 4.74 Å². The van der Waals surface area contributed by atoms with E-state index in [1.807, 2.05) is 42.5 Å². The van der Waals surface area contributed by atoms with Gasteiger partial charge in [0.1, 0.15) is 6.54 Å². The van der Waals surface area contributed by atoms with E-state index in [0.717, 1.165) is 61.6 Å². The Labute approximate surface area is 257 Å². The fourth-order valence-corrected chi connectivity index (χ4v) is 6.48. The molecule has 1 fully saturated rings. The summed E-state index contributed by atoms with van der Waals surface area (Å²) in [6.45, 7) is 14.0. The lowest BCUT2D eigenvalue weighted by atomic mass is 9.91. The van der Waals surface area contributed by atoms with Crippen molar-refractivity contribution in [3.63, 3.8) is 0 Å². The Kier molecular flexibility index (Phi) is 11.2. The molecule has 43 heavy (non-hydrogen) atoms. The molecule has 7 heteroatoms. The predicted octanol–water partition coefficient (Wildman–Crippen LogP) is 6.45. The molecular formula is C36H49N3O4. The fraction of sp³-hybridized carbons (Fsp3) is 0.528. The Balaban J connectivity index is 1.52. The van der Waals surface area contributed by atoms with Gasteiger partial charge in [-0.15, -0.1) is 0 Å². The fourth-order valence-electron chi connectivity index (χ4n) is 6.48. The molecule has 0 bridgehead atoms. The number of carbonyl (C=O) groups is 3. The van der Waals surface area contributed by atoms with E-state index in [1.54, 1.807) is 12.3 Å². The molecule has 0 radical (unpaired) electrons. The van der Waals surface area contributed by atoms with Crippen molar-refractivity contribution in [1.29, 1.82) is 0 Å². The van der Waals surface area contributed by atoms with E-state index in [-0.39, 0.29) is 24.3 Å². The highest BCUT2D eigenvalue weighted by Crippen LogP contribution is 2.25. The number of carbonyl (C=O) groups excluding carboxylic acids is 3. The molecular weight excluding hydrogens is 538 g/mol. The van der Waals surface area contributed by atoms with Gasteiger partial charge >= 0.3 is 5.97 Å². The topological polar surface area (TPSA) is 71.3 Å². The van der Waals surface area contributed by atoms with Crippen LogP contribution in [0.4, 0.5) is 0 Å². The van der Waals surface area contributed by atoms with Crippen molar-refractivity contribution >= 4 is 23.2 Å². The van der Waals surface area contributed by atoms with Gasteiger partial charge in [0.2, 0.25) is 5.78 Å². The highest BCUT2D eigenvalue weighted by molar-refractivity contribution is 6.10. The molecule has 3 aromatic rings. The van der Waals surface area contributed by atoms with Gasteiger partial charge in [0, 0.05) is 42.0 Å². The number of fused-ring (bicyclic) bond motifs is 1. The highest BCUT2D eigenvalue weighted by Gasteiger charge is 2.25. The third-order valence-corrected chi connectivity index (χ3v) is 8.63. The largest absolute Gasteiger partial charge is 0.468 e. The number of methoxy groups -OCH3 is 1. The van der Waals surface area contributed by atoms with Crippen molar-refractivity contribution in [2.45, 2.75) is 79.2 Å². The number of pyridine rings is 1. The minimum Gasteiger partial charge on any atom is -0.468 e. The summed E-state index contributed by atoms with van der Waals surface area (Å²) in [6.07, 6.45) is 8.03. The lowest BCUT2D eigenvalue weighted by Crippen LogP contribution is -2.41. The summed E-state index contributed by atoms with van der Waals surface area (Å²) in [5, 5.41) is 0. The SMILES string of the molecule is CCCCc1cc2cc(C(=O)N(CC(=O)OC)C(C)C)ccn2c1C(=O)c1ccc(CCCN2CC(C)CC(C)C2)cc1. The number of amides is 1. The average molecular weight is 588 g/mol. The molecule has 232 valence electrons. The average Bonchev–Trinajstić information content (AvgIpc) is 3.35. The zero-order chi connectivity index (χ0) is 31.1. The van der Waals surface area contributed by atoms with E-state index < -0.39 is 5.97 Å². The van der Waals surface area contributed by atoms with E-state index in [9.17, 15) is 14.4 Å². The molecule has 1 saturated heterocycles. The van der Waals surface area contributed by atoms with Crippen LogP contribution in [0.15, 0.2) is 48.7 Å². The van der Waals surface area contributed by atoms with E-state index in [2.05, 4.69) is 37.8 Å². The van der Waals surface area contributed by atoms with Gasteiger partial charge in [0.05, 0.1) is 12.8 Å². The zero-order valence-electron chi connectivity index (χ0n) is 26.9. The second-order valence-electron chi connectivity index (χ2n) is 12.8.